The number of para-hydroxylation sites is 2. The summed E-state index contributed by atoms with van der Waals surface area (Å²) in [4.78, 5) is 23.5. The number of ether oxygens (including phenoxy) is 2. The Morgan fingerprint density at radius 3 is 1.96 bits per heavy atom. The van der Waals surface area contributed by atoms with Crippen LogP contribution < -0.4 is 20.3 Å². The van der Waals surface area contributed by atoms with E-state index in [1.165, 1.54) is 0 Å². The molecule has 2 N–H and O–H groups in total. The van der Waals surface area contributed by atoms with E-state index in [-0.39, 0.29) is 19.1 Å². The molecular formula is C19H21ClN2O4. The maximum atomic E-state index is 11.8. The van der Waals surface area contributed by atoms with E-state index in [0.717, 1.165) is 5.56 Å². The van der Waals surface area contributed by atoms with Crippen molar-refractivity contribution in [2.75, 3.05) is 13.2 Å². The smallest absolute Gasteiger partial charge is 0.276 e. The minimum Gasteiger partial charge on any atom is -0.483 e. The number of hydrazine groups is 1. The van der Waals surface area contributed by atoms with Crippen LogP contribution in [0.3, 0.4) is 0 Å². The van der Waals surface area contributed by atoms with Crippen LogP contribution in [-0.4, -0.2) is 25.0 Å². The van der Waals surface area contributed by atoms with Crippen molar-refractivity contribution in [3.05, 3.63) is 59.1 Å². The zero-order valence-corrected chi connectivity index (χ0v) is 15.4. The minimum absolute atomic E-state index is 0.213. The molecule has 0 radical (unpaired) electrons. The van der Waals surface area contributed by atoms with Gasteiger partial charge in [-0.25, -0.2) is 0 Å². The van der Waals surface area contributed by atoms with E-state index in [1.54, 1.807) is 30.3 Å². The SMILES string of the molecule is CC(C)c1ccccc1OCC(=O)NNC(=O)COc1ccccc1Cl. The molecule has 0 aromatic heterocycles. The summed E-state index contributed by atoms with van der Waals surface area (Å²) in [6.07, 6.45) is 0. The average molecular weight is 377 g/mol. The van der Waals surface area contributed by atoms with Crippen molar-refractivity contribution in [1.82, 2.24) is 10.9 Å². The summed E-state index contributed by atoms with van der Waals surface area (Å²) < 4.78 is 10.8. The zero-order valence-electron chi connectivity index (χ0n) is 14.6. The Kier molecular flexibility index (Phi) is 7.29. The number of carbonyl (C=O) groups excluding carboxylic acids is 2. The van der Waals surface area contributed by atoms with Crippen molar-refractivity contribution < 1.29 is 19.1 Å². The molecule has 0 heterocycles. The number of nitrogens with one attached hydrogen (secondary N) is 2. The van der Waals surface area contributed by atoms with Gasteiger partial charge in [-0.05, 0) is 29.7 Å². The van der Waals surface area contributed by atoms with Gasteiger partial charge in [0.25, 0.3) is 11.8 Å². The largest absolute Gasteiger partial charge is 0.483 e. The van der Waals surface area contributed by atoms with Gasteiger partial charge in [0.15, 0.2) is 13.2 Å². The molecule has 2 aromatic carbocycles. The van der Waals surface area contributed by atoms with E-state index >= 15 is 0 Å². The quantitative estimate of drug-likeness (QED) is 0.728. The van der Waals surface area contributed by atoms with Gasteiger partial charge in [-0.3, -0.25) is 20.4 Å². The van der Waals surface area contributed by atoms with Crippen molar-refractivity contribution >= 4 is 23.4 Å². The highest BCUT2D eigenvalue weighted by molar-refractivity contribution is 6.32. The molecule has 6 nitrogen and oxygen atoms in total. The van der Waals surface area contributed by atoms with Gasteiger partial charge in [-0.1, -0.05) is 55.8 Å². The lowest BCUT2D eigenvalue weighted by Crippen LogP contribution is -2.45. The summed E-state index contributed by atoms with van der Waals surface area (Å²) in [5.41, 5.74) is 5.55. The fourth-order valence-electron chi connectivity index (χ4n) is 2.15. The van der Waals surface area contributed by atoms with Gasteiger partial charge in [0.2, 0.25) is 0 Å². The van der Waals surface area contributed by atoms with E-state index < -0.39 is 11.8 Å². The normalized spacial score (nSPS) is 10.3. The summed E-state index contributed by atoms with van der Waals surface area (Å²) in [5, 5.41) is 0.404. The molecule has 2 rings (SSSR count). The van der Waals surface area contributed by atoms with Crippen LogP contribution in [0.4, 0.5) is 0 Å². The predicted molar refractivity (Wildman–Crippen MR) is 99.3 cm³/mol. The Bertz CT molecular complexity index is 765. The van der Waals surface area contributed by atoms with E-state index in [0.29, 0.717) is 16.5 Å². The van der Waals surface area contributed by atoms with Crippen molar-refractivity contribution in [3.63, 3.8) is 0 Å². The fourth-order valence-corrected chi connectivity index (χ4v) is 2.34. The van der Waals surface area contributed by atoms with Crippen LogP contribution in [0.5, 0.6) is 11.5 Å². The molecule has 138 valence electrons. The topological polar surface area (TPSA) is 76.7 Å². The van der Waals surface area contributed by atoms with Crippen LogP contribution in [0.2, 0.25) is 5.02 Å². The number of carbonyl (C=O) groups is 2. The lowest BCUT2D eigenvalue weighted by atomic mass is 10.0. The second kappa shape index (κ2) is 9.68. The number of halogens is 1. The third-order valence-corrected chi connectivity index (χ3v) is 3.75. The first-order valence-corrected chi connectivity index (χ1v) is 8.52. The molecular weight excluding hydrogens is 356 g/mol. The molecule has 0 fully saturated rings. The van der Waals surface area contributed by atoms with Crippen LogP contribution >= 0.6 is 11.6 Å². The first-order chi connectivity index (χ1) is 12.5. The number of amides is 2. The maximum Gasteiger partial charge on any atom is 0.276 e. The summed E-state index contributed by atoms with van der Waals surface area (Å²) in [6, 6.07) is 14.3. The van der Waals surface area contributed by atoms with Crippen LogP contribution in [0.15, 0.2) is 48.5 Å². The number of hydrogen-bond acceptors (Lipinski definition) is 4. The first-order valence-electron chi connectivity index (χ1n) is 8.14. The average Bonchev–Trinajstić information content (AvgIpc) is 2.64. The molecule has 0 saturated carbocycles. The molecule has 0 unspecified atom stereocenters. The van der Waals surface area contributed by atoms with E-state index in [9.17, 15) is 9.59 Å². The summed E-state index contributed by atoms with van der Waals surface area (Å²) in [5.74, 6) is 0.321. The van der Waals surface area contributed by atoms with E-state index in [4.69, 9.17) is 21.1 Å². The molecule has 0 saturated heterocycles. The number of hydrogen-bond donors (Lipinski definition) is 2. The summed E-state index contributed by atoms with van der Waals surface area (Å²) in [7, 11) is 0. The second-order valence-corrected chi connectivity index (χ2v) is 6.20. The van der Waals surface area contributed by atoms with E-state index in [1.807, 2.05) is 32.0 Å². The molecule has 0 spiro atoms. The molecule has 0 aliphatic rings. The molecule has 7 heteroatoms. The monoisotopic (exact) mass is 376 g/mol. The summed E-state index contributed by atoms with van der Waals surface area (Å²) in [6.45, 7) is 3.60. The lowest BCUT2D eigenvalue weighted by molar-refractivity contribution is -0.131. The highest BCUT2D eigenvalue weighted by atomic mass is 35.5. The maximum absolute atomic E-state index is 11.8. The molecule has 0 bridgehead atoms. The van der Waals surface area contributed by atoms with Crippen LogP contribution in [0.1, 0.15) is 25.3 Å². The number of rotatable bonds is 7. The molecule has 2 aromatic rings. The van der Waals surface area contributed by atoms with Crippen molar-refractivity contribution in [2.24, 2.45) is 0 Å². The predicted octanol–water partition coefficient (Wildman–Crippen LogP) is 3.07. The van der Waals surface area contributed by atoms with Crippen LogP contribution in [-0.2, 0) is 9.59 Å². The fraction of sp³-hybridized carbons (Fsp3) is 0.263. The van der Waals surface area contributed by atoms with Gasteiger partial charge >= 0.3 is 0 Å². The van der Waals surface area contributed by atoms with Gasteiger partial charge in [0, 0.05) is 0 Å². The highest BCUT2D eigenvalue weighted by Gasteiger charge is 2.10. The Balaban J connectivity index is 1.73. The van der Waals surface area contributed by atoms with Gasteiger partial charge in [0.1, 0.15) is 11.5 Å². The molecule has 0 aliphatic heterocycles. The van der Waals surface area contributed by atoms with Gasteiger partial charge in [-0.2, -0.15) is 0 Å². The first kappa shape index (κ1) is 19.6. The van der Waals surface area contributed by atoms with Crippen molar-refractivity contribution in [3.8, 4) is 11.5 Å². The van der Waals surface area contributed by atoms with Crippen molar-refractivity contribution in [1.29, 1.82) is 0 Å². The third kappa shape index (κ3) is 5.97. The van der Waals surface area contributed by atoms with Crippen LogP contribution in [0.25, 0.3) is 0 Å². The molecule has 2 amide bonds. The Morgan fingerprint density at radius 1 is 0.885 bits per heavy atom. The third-order valence-electron chi connectivity index (χ3n) is 3.44. The second-order valence-electron chi connectivity index (χ2n) is 5.80. The van der Waals surface area contributed by atoms with Gasteiger partial charge in [0.05, 0.1) is 5.02 Å². The van der Waals surface area contributed by atoms with Crippen LogP contribution in [0, 0.1) is 0 Å². The molecule has 0 aliphatic carbocycles. The standard InChI is InChI=1S/C19H21ClN2O4/c1-13(2)14-7-3-5-9-16(14)25-11-18(23)21-22-19(24)12-26-17-10-6-4-8-15(17)20/h3-10,13H,11-12H2,1-2H3,(H,21,23)(H,22,24). The molecule has 0 atom stereocenters. The van der Waals surface area contributed by atoms with Crippen molar-refractivity contribution in [2.45, 2.75) is 19.8 Å². The van der Waals surface area contributed by atoms with Gasteiger partial charge in [-0.15, -0.1) is 0 Å². The minimum atomic E-state index is -0.513. The Morgan fingerprint density at radius 2 is 1.38 bits per heavy atom. The summed E-state index contributed by atoms with van der Waals surface area (Å²) >= 11 is 5.93. The van der Waals surface area contributed by atoms with Gasteiger partial charge < -0.3 is 9.47 Å². The molecule has 26 heavy (non-hydrogen) atoms. The highest BCUT2D eigenvalue weighted by Crippen LogP contribution is 2.25. The number of benzene rings is 2. The Labute approximate surface area is 157 Å². The Hall–Kier alpha value is -2.73. The lowest BCUT2D eigenvalue weighted by Gasteiger charge is -2.14. The zero-order chi connectivity index (χ0) is 18.9. The van der Waals surface area contributed by atoms with E-state index in [2.05, 4.69) is 10.9 Å².